The van der Waals surface area contributed by atoms with Crippen molar-refractivity contribution in [2.24, 2.45) is 0 Å². The van der Waals surface area contributed by atoms with Crippen LogP contribution in [-0.2, 0) is 9.47 Å². The maximum Gasteiger partial charge on any atom is 0.169 e. The molecule has 4 nitrogen and oxygen atoms in total. The first-order valence-electron chi connectivity index (χ1n) is 4.82. The Labute approximate surface area is 90.5 Å². The smallest absolute Gasteiger partial charge is 0.169 e. The standard InChI is InChI=1S/C9H18N2O2S/c1-12-6-4-10-9(14)11-5-3-8(7-11)13-2/h8H,3-7H2,1-2H3,(H,10,14). The molecule has 0 aromatic rings. The summed E-state index contributed by atoms with van der Waals surface area (Å²) in [5, 5.41) is 3.95. The lowest BCUT2D eigenvalue weighted by atomic mass is 10.3. The number of rotatable bonds is 4. The fourth-order valence-corrected chi connectivity index (χ4v) is 1.74. The van der Waals surface area contributed by atoms with Gasteiger partial charge < -0.3 is 19.7 Å². The molecule has 5 heteroatoms. The predicted octanol–water partition coefficient (Wildman–Crippen LogP) is 0.228. The van der Waals surface area contributed by atoms with E-state index in [0.29, 0.717) is 12.7 Å². The van der Waals surface area contributed by atoms with Crippen molar-refractivity contribution in [3.63, 3.8) is 0 Å². The molecule has 0 aromatic carbocycles. The third-order valence-corrected chi connectivity index (χ3v) is 2.75. The molecule has 1 fully saturated rings. The second kappa shape index (κ2) is 6.16. The largest absolute Gasteiger partial charge is 0.383 e. The summed E-state index contributed by atoms with van der Waals surface area (Å²) in [5.41, 5.74) is 0. The maximum absolute atomic E-state index is 5.26. The Hall–Kier alpha value is -0.390. The number of nitrogens with one attached hydrogen (secondary N) is 1. The molecule has 0 radical (unpaired) electrons. The van der Waals surface area contributed by atoms with Crippen molar-refractivity contribution in [3.05, 3.63) is 0 Å². The normalized spacial score (nSPS) is 21.3. The number of methoxy groups -OCH3 is 2. The molecule has 0 saturated carbocycles. The van der Waals surface area contributed by atoms with Crippen LogP contribution in [0.25, 0.3) is 0 Å². The molecule has 1 atom stereocenters. The Morgan fingerprint density at radius 1 is 1.57 bits per heavy atom. The Balaban J connectivity index is 2.18. The Morgan fingerprint density at radius 2 is 2.36 bits per heavy atom. The highest BCUT2D eigenvalue weighted by molar-refractivity contribution is 7.80. The molecule has 82 valence electrons. The molecule has 1 aliphatic rings. The SMILES string of the molecule is COCCNC(=S)N1CCC(OC)C1. The fourth-order valence-electron chi connectivity index (χ4n) is 1.48. The van der Waals surface area contributed by atoms with Gasteiger partial charge in [0.15, 0.2) is 5.11 Å². The summed E-state index contributed by atoms with van der Waals surface area (Å²) in [6.07, 6.45) is 1.39. The lowest BCUT2D eigenvalue weighted by Crippen LogP contribution is -2.40. The van der Waals surface area contributed by atoms with Gasteiger partial charge in [-0.05, 0) is 18.6 Å². The molecule has 14 heavy (non-hydrogen) atoms. The molecular weight excluding hydrogens is 200 g/mol. The Morgan fingerprint density at radius 3 is 2.93 bits per heavy atom. The first-order chi connectivity index (χ1) is 6.77. The van der Waals surface area contributed by atoms with E-state index in [2.05, 4.69) is 10.2 Å². The van der Waals surface area contributed by atoms with Crippen molar-refractivity contribution in [1.82, 2.24) is 10.2 Å². The lowest BCUT2D eigenvalue weighted by Gasteiger charge is -2.19. The van der Waals surface area contributed by atoms with Crippen LogP contribution in [0.1, 0.15) is 6.42 Å². The highest BCUT2D eigenvalue weighted by atomic mass is 32.1. The first-order valence-corrected chi connectivity index (χ1v) is 5.23. The van der Waals surface area contributed by atoms with E-state index in [4.69, 9.17) is 21.7 Å². The minimum absolute atomic E-state index is 0.331. The van der Waals surface area contributed by atoms with E-state index in [1.54, 1.807) is 14.2 Å². The lowest BCUT2D eigenvalue weighted by molar-refractivity contribution is 0.114. The number of likely N-dealkylation sites (tertiary alicyclic amines) is 1. The second-order valence-electron chi connectivity index (χ2n) is 3.32. The van der Waals surface area contributed by atoms with Crippen LogP contribution >= 0.6 is 12.2 Å². The number of hydrogen-bond acceptors (Lipinski definition) is 3. The molecule has 1 saturated heterocycles. The van der Waals surface area contributed by atoms with E-state index in [1.807, 2.05) is 0 Å². The summed E-state index contributed by atoms with van der Waals surface area (Å²) in [4.78, 5) is 2.14. The molecule has 1 N–H and O–H groups in total. The van der Waals surface area contributed by atoms with Crippen molar-refractivity contribution in [1.29, 1.82) is 0 Å². The molecule has 0 aromatic heterocycles. The molecule has 0 amide bonds. The van der Waals surface area contributed by atoms with Crippen LogP contribution in [0.2, 0.25) is 0 Å². The van der Waals surface area contributed by atoms with E-state index in [9.17, 15) is 0 Å². The fraction of sp³-hybridized carbons (Fsp3) is 0.889. The molecule has 0 bridgehead atoms. The van der Waals surface area contributed by atoms with Crippen molar-refractivity contribution in [2.75, 3.05) is 40.5 Å². The van der Waals surface area contributed by atoms with Gasteiger partial charge in [0.1, 0.15) is 0 Å². The van der Waals surface area contributed by atoms with Gasteiger partial charge in [-0.3, -0.25) is 0 Å². The predicted molar refractivity (Wildman–Crippen MR) is 59.5 cm³/mol. The van der Waals surface area contributed by atoms with Gasteiger partial charge in [-0.25, -0.2) is 0 Å². The van der Waals surface area contributed by atoms with Crippen LogP contribution in [0.3, 0.4) is 0 Å². The molecule has 1 heterocycles. The van der Waals surface area contributed by atoms with E-state index in [1.165, 1.54) is 0 Å². The zero-order valence-electron chi connectivity index (χ0n) is 8.78. The number of nitrogens with zero attached hydrogens (tertiary/aromatic N) is 1. The monoisotopic (exact) mass is 218 g/mol. The van der Waals surface area contributed by atoms with Crippen molar-refractivity contribution < 1.29 is 9.47 Å². The zero-order chi connectivity index (χ0) is 10.4. The van der Waals surface area contributed by atoms with Crippen molar-refractivity contribution >= 4 is 17.3 Å². The molecule has 1 unspecified atom stereocenters. The van der Waals surface area contributed by atoms with Gasteiger partial charge in [0.05, 0.1) is 12.7 Å². The summed E-state index contributed by atoms with van der Waals surface area (Å²) in [7, 11) is 3.43. The van der Waals surface area contributed by atoms with Gasteiger partial charge in [0, 0.05) is 33.9 Å². The first kappa shape index (κ1) is 11.7. The Bertz CT molecular complexity index is 190. The summed E-state index contributed by atoms with van der Waals surface area (Å²) >= 11 is 5.23. The Kier molecular flexibility index (Phi) is 5.14. The summed E-state index contributed by atoms with van der Waals surface area (Å²) < 4.78 is 10.2. The van der Waals surface area contributed by atoms with Crippen LogP contribution in [0.4, 0.5) is 0 Å². The van der Waals surface area contributed by atoms with Crippen molar-refractivity contribution in [2.45, 2.75) is 12.5 Å². The summed E-state index contributed by atoms with van der Waals surface area (Å²) in [6.45, 7) is 3.33. The molecule has 1 aliphatic heterocycles. The number of thiocarbonyl (C=S) groups is 1. The number of hydrogen-bond donors (Lipinski definition) is 1. The van der Waals surface area contributed by atoms with Crippen LogP contribution < -0.4 is 5.32 Å². The molecule has 0 aliphatic carbocycles. The summed E-state index contributed by atoms with van der Waals surface area (Å²) in [5.74, 6) is 0. The van der Waals surface area contributed by atoms with Gasteiger partial charge >= 0.3 is 0 Å². The minimum Gasteiger partial charge on any atom is -0.383 e. The second-order valence-corrected chi connectivity index (χ2v) is 3.70. The van der Waals surface area contributed by atoms with E-state index < -0.39 is 0 Å². The van der Waals surface area contributed by atoms with Gasteiger partial charge in [-0.15, -0.1) is 0 Å². The van der Waals surface area contributed by atoms with Crippen molar-refractivity contribution in [3.8, 4) is 0 Å². The van der Waals surface area contributed by atoms with Crippen LogP contribution in [0.5, 0.6) is 0 Å². The summed E-state index contributed by atoms with van der Waals surface area (Å²) in [6, 6.07) is 0. The van der Waals surface area contributed by atoms with Crippen LogP contribution in [-0.4, -0.2) is 56.6 Å². The maximum atomic E-state index is 5.26. The van der Waals surface area contributed by atoms with E-state index in [0.717, 1.165) is 31.2 Å². The quantitative estimate of drug-likeness (QED) is 0.539. The molecule has 0 spiro atoms. The average molecular weight is 218 g/mol. The van der Waals surface area contributed by atoms with Gasteiger partial charge in [-0.1, -0.05) is 0 Å². The van der Waals surface area contributed by atoms with Gasteiger partial charge in [0.2, 0.25) is 0 Å². The molecular formula is C9H18N2O2S. The zero-order valence-corrected chi connectivity index (χ0v) is 9.60. The van der Waals surface area contributed by atoms with Crippen LogP contribution in [0, 0.1) is 0 Å². The minimum atomic E-state index is 0.331. The highest BCUT2D eigenvalue weighted by Crippen LogP contribution is 2.11. The highest BCUT2D eigenvalue weighted by Gasteiger charge is 2.23. The third kappa shape index (κ3) is 3.40. The molecule has 1 rings (SSSR count). The van der Waals surface area contributed by atoms with E-state index >= 15 is 0 Å². The van der Waals surface area contributed by atoms with Gasteiger partial charge in [-0.2, -0.15) is 0 Å². The van der Waals surface area contributed by atoms with Gasteiger partial charge in [0.25, 0.3) is 0 Å². The topological polar surface area (TPSA) is 33.7 Å². The number of ether oxygens (including phenoxy) is 2. The average Bonchev–Trinajstić information content (AvgIpc) is 2.66. The third-order valence-electron chi connectivity index (χ3n) is 2.35. The van der Waals surface area contributed by atoms with E-state index in [-0.39, 0.29) is 0 Å². The van der Waals surface area contributed by atoms with Crippen LogP contribution in [0.15, 0.2) is 0 Å².